The Bertz CT molecular complexity index is 845. The monoisotopic (exact) mass is 390 g/mol. The SMILES string of the molecule is O=C(OC1C[C@H]2CC[C@@H](C1)[N+]21CC=CC1)C(O)(c1ccccc1)c1ccccc1. The van der Waals surface area contributed by atoms with E-state index < -0.39 is 11.6 Å². The Morgan fingerprint density at radius 1 is 0.862 bits per heavy atom. The van der Waals surface area contributed by atoms with E-state index in [9.17, 15) is 9.90 Å². The van der Waals surface area contributed by atoms with Crippen molar-refractivity contribution >= 4 is 5.97 Å². The van der Waals surface area contributed by atoms with Gasteiger partial charge in [0.2, 0.25) is 5.60 Å². The van der Waals surface area contributed by atoms with Gasteiger partial charge in [-0.15, -0.1) is 0 Å². The van der Waals surface area contributed by atoms with E-state index in [1.165, 1.54) is 12.8 Å². The highest BCUT2D eigenvalue weighted by molar-refractivity contribution is 5.85. The average molecular weight is 391 g/mol. The maximum atomic E-state index is 13.4. The third-order valence-electron chi connectivity index (χ3n) is 7.37. The molecule has 2 aromatic carbocycles. The smallest absolute Gasteiger partial charge is 0.347 e. The van der Waals surface area contributed by atoms with Crippen molar-refractivity contribution < 1.29 is 19.1 Å². The lowest BCUT2D eigenvalue weighted by molar-refractivity contribution is -0.952. The van der Waals surface area contributed by atoms with Gasteiger partial charge < -0.3 is 14.3 Å². The van der Waals surface area contributed by atoms with Crippen LogP contribution >= 0.6 is 0 Å². The summed E-state index contributed by atoms with van der Waals surface area (Å²) >= 11 is 0. The highest BCUT2D eigenvalue weighted by Gasteiger charge is 2.55. The molecule has 4 heteroatoms. The van der Waals surface area contributed by atoms with E-state index in [0.717, 1.165) is 30.4 Å². The summed E-state index contributed by atoms with van der Waals surface area (Å²) in [4.78, 5) is 13.4. The minimum atomic E-state index is -1.79. The molecular formula is C25H28NO3+. The van der Waals surface area contributed by atoms with Gasteiger partial charge in [0, 0.05) is 25.7 Å². The summed E-state index contributed by atoms with van der Waals surface area (Å²) in [5.74, 6) is -0.563. The third-order valence-corrected chi connectivity index (χ3v) is 7.37. The van der Waals surface area contributed by atoms with E-state index in [1.807, 2.05) is 36.4 Å². The number of piperidine rings is 1. The van der Waals surface area contributed by atoms with Crippen molar-refractivity contribution in [3.8, 4) is 0 Å². The molecule has 4 nitrogen and oxygen atoms in total. The van der Waals surface area contributed by atoms with Crippen LogP contribution in [0.2, 0.25) is 0 Å². The van der Waals surface area contributed by atoms with Crippen LogP contribution in [0.15, 0.2) is 72.8 Å². The van der Waals surface area contributed by atoms with Gasteiger partial charge in [0.15, 0.2) is 0 Å². The fourth-order valence-electron chi connectivity index (χ4n) is 5.86. The molecule has 0 aromatic heterocycles. The number of esters is 1. The van der Waals surface area contributed by atoms with Crippen LogP contribution in [0.25, 0.3) is 0 Å². The lowest BCUT2D eigenvalue weighted by Gasteiger charge is -2.47. The molecule has 2 bridgehead atoms. The zero-order chi connectivity index (χ0) is 19.9. The van der Waals surface area contributed by atoms with Gasteiger partial charge in [-0.25, -0.2) is 4.79 Å². The summed E-state index contributed by atoms with van der Waals surface area (Å²) < 4.78 is 7.19. The average Bonchev–Trinajstić information content (AvgIpc) is 3.31. The molecule has 0 amide bonds. The molecule has 3 aliphatic heterocycles. The summed E-state index contributed by atoms with van der Waals surface area (Å²) in [6.45, 7) is 2.24. The minimum Gasteiger partial charge on any atom is -0.459 e. The van der Waals surface area contributed by atoms with Crippen LogP contribution in [0, 0.1) is 0 Å². The fourth-order valence-corrected chi connectivity index (χ4v) is 5.86. The molecule has 3 aliphatic rings. The van der Waals surface area contributed by atoms with E-state index >= 15 is 0 Å². The largest absolute Gasteiger partial charge is 0.459 e. The number of aliphatic hydroxyl groups is 1. The molecule has 5 rings (SSSR count). The van der Waals surface area contributed by atoms with Gasteiger partial charge in [-0.3, -0.25) is 0 Å². The number of benzene rings is 2. The lowest BCUT2D eigenvalue weighted by Crippen LogP contribution is -2.60. The zero-order valence-corrected chi connectivity index (χ0v) is 16.6. The molecule has 2 aromatic rings. The van der Waals surface area contributed by atoms with Crippen molar-refractivity contribution in [2.24, 2.45) is 0 Å². The molecule has 3 heterocycles. The first kappa shape index (κ1) is 18.6. The van der Waals surface area contributed by atoms with Crippen molar-refractivity contribution in [2.75, 3.05) is 13.1 Å². The van der Waals surface area contributed by atoms with Crippen LogP contribution in [0.3, 0.4) is 0 Å². The van der Waals surface area contributed by atoms with E-state index in [0.29, 0.717) is 23.2 Å². The third kappa shape index (κ3) is 2.93. The van der Waals surface area contributed by atoms with Crippen LogP contribution in [-0.4, -0.2) is 46.8 Å². The quantitative estimate of drug-likeness (QED) is 0.493. The molecule has 0 aliphatic carbocycles. The number of hydrogen-bond acceptors (Lipinski definition) is 3. The molecule has 1 spiro atoms. The van der Waals surface area contributed by atoms with Crippen LogP contribution in [0.1, 0.15) is 36.8 Å². The first-order valence-electron chi connectivity index (χ1n) is 10.7. The predicted molar refractivity (Wildman–Crippen MR) is 111 cm³/mol. The summed E-state index contributed by atoms with van der Waals surface area (Å²) in [5, 5.41) is 11.6. The molecule has 150 valence electrons. The van der Waals surface area contributed by atoms with Gasteiger partial charge in [-0.2, -0.15) is 0 Å². The Morgan fingerprint density at radius 2 is 1.34 bits per heavy atom. The topological polar surface area (TPSA) is 46.5 Å². The normalized spacial score (nSPS) is 27.3. The van der Waals surface area contributed by atoms with Crippen molar-refractivity contribution in [3.05, 3.63) is 83.9 Å². The summed E-state index contributed by atoms with van der Waals surface area (Å²) in [6, 6.07) is 19.4. The van der Waals surface area contributed by atoms with Crippen molar-refractivity contribution in [2.45, 2.75) is 49.5 Å². The summed E-state index contributed by atoms with van der Waals surface area (Å²) in [6.07, 6.45) is 8.70. The number of quaternary nitrogens is 1. The van der Waals surface area contributed by atoms with Gasteiger partial charge in [0.05, 0.1) is 25.2 Å². The van der Waals surface area contributed by atoms with Gasteiger partial charge in [-0.05, 0) is 23.3 Å². The number of carbonyl (C=O) groups excluding carboxylic acids is 1. The molecule has 0 radical (unpaired) electrons. The van der Waals surface area contributed by atoms with Gasteiger partial charge >= 0.3 is 5.97 Å². The Labute approximate surface area is 172 Å². The molecule has 2 fully saturated rings. The molecule has 1 N–H and O–H groups in total. The van der Waals surface area contributed by atoms with Crippen molar-refractivity contribution in [1.82, 2.24) is 0 Å². The van der Waals surface area contributed by atoms with Gasteiger partial charge in [-0.1, -0.05) is 60.7 Å². The number of rotatable bonds is 4. The van der Waals surface area contributed by atoms with Crippen LogP contribution in [0.4, 0.5) is 0 Å². The maximum Gasteiger partial charge on any atom is 0.347 e. The lowest BCUT2D eigenvalue weighted by atomic mass is 9.86. The van der Waals surface area contributed by atoms with E-state index in [2.05, 4.69) is 12.2 Å². The second-order valence-electron chi connectivity index (χ2n) is 8.77. The number of ether oxygens (including phenoxy) is 1. The van der Waals surface area contributed by atoms with E-state index in [1.54, 1.807) is 24.3 Å². The van der Waals surface area contributed by atoms with Crippen molar-refractivity contribution in [1.29, 1.82) is 0 Å². The van der Waals surface area contributed by atoms with Crippen LogP contribution < -0.4 is 0 Å². The minimum absolute atomic E-state index is 0.122. The van der Waals surface area contributed by atoms with Crippen LogP contribution in [-0.2, 0) is 15.1 Å². The first-order valence-corrected chi connectivity index (χ1v) is 10.7. The predicted octanol–water partition coefficient (Wildman–Crippen LogP) is 3.55. The molecule has 1 unspecified atom stereocenters. The Morgan fingerprint density at radius 3 is 1.83 bits per heavy atom. The molecule has 29 heavy (non-hydrogen) atoms. The van der Waals surface area contributed by atoms with E-state index in [-0.39, 0.29) is 6.10 Å². The first-order chi connectivity index (χ1) is 14.1. The second-order valence-corrected chi connectivity index (χ2v) is 8.77. The van der Waals surface area contributed by atoms with Crippen LogP contribution in [0.5, 0.6) is 0 Å². The molecule has 3 atom stereocenters. The summed E-state index contributed by atoms with van der Waals surface area (Å²) in [7, 11) is 0. The standard InChI is InChI=1S/C25H28NO3/c27-24(25(28,19-9-3-1-4-10-19)20-11-5-2-6-12-20)29-23-17-21-13-14-22(18-23)26(21)15-7-8-16-26/h1-12,21-23,28H,13-18H2/q+1/t21-,22+,23?. The number of hydrogen-bond donors (Lipinski definition) is 1. The van der Waals surface area contributed by atoms with Gasteiger partial charge in [0.1, 0.15) is 6.10 Å². The van der Waals surface area contributed by atoms with Crippen molar-refractivity contribution in [3.63, 3.8) is 0 Å². The molecular weight excluding hydrogens is 362 g/mol. The molecule has 2 saturated heterocycles. The Hall–Kier alpha value is -2.43. The fraction of sp³-hybridized carbons (Fsp3) is 0.400. The highest BCUT2D eigenvalue weighted by atomic mass is 16.6. The zero-order valence-electron chi connectivity index (χ0n) is 16.6. The Kier molecular flexibility index (Phi) is 4.56. The maximum absolute atomic E-state index is 13.4. The number of nitrogens with zero attached hydrogens (tertiary/aromatic N) is 1. The van der Waals surface area contributed by atoms with E-state index in [4.69, 9.17) is 4.74 Å². The highest BCUT2D eigenvalue weighted by Crippen LogP contribution is 2.45. The molecule has 0 saturated carbocycles. The number of carbonyl (C=O) groups is 1. The van der Waals surface area contributed by atoms with Gasteiger partial charge in [0.25, 0.3) is 0 Å². The summed E-state index contributed by atoms with van der Waals surface area (Å²) in [5.41, 5.74) is -0.704. The second kappa shape index (κ2) is 7.12. The Balaban J connectivity index is 1.40.